The molecule has 7 nitrogen and oxygen atoms in total. The molecule has 0 radical (unpaired) electrons. The Morgan fingerprint density at radius 2 is 2.07 bits per heavy atom. The highest BCUT2D eigenvalue weighted by molar-refractivity contribution is 5.97. The van der Waals surface area contributed by atoms with Crippen molar-refractivity contribution in [2.45, 2.75) is 26.7 Å². The Balaban J connectivity index is 1.47. The largest absolute Gasteiger partial charge is 0.360 e. The molecule has 138 valence electrons. The van der Waals surface area contributed by atoms with Crippen LogP contribution in [0.3, 0.4) is 0 Å². The molecule has 7 heteroatoms. The minimum atomic E-state index is 0.0282. The van der Waals surface area contributed by atoms with E-state index in [4.69, 9.17) is 0 Å². The summed E-state index contributed by atoms with van der Waals surface area (Å²) in [5, 5.41) is 7.53. The van der Waals surface area contributed by atoms with Crippen LogP contribution in [0.1, 0.15) is 23.4 Å². The van der Waals surface area contributed by atoms with Crippen molar-refractivity contribution in [1.29, 1.82) is 0 Å². The molecule has 1 N–H and O–H groups in total. The topological polar surface area (TPSA) is 75.9 Å². The molecule has 4 rings (SSSR count). The number of fused-ring (bicyclic) bond motifs is 1. The van der Waals surface area contributed by atoms with Crippen molar-refractivity contribution < 1.29 is 4.79 Å². The number of nitrogens with zero attached hydrogens (tertiary/aromatic N) is 5. The molecule has 0 unspecified atom stereocenters. The number of rotatable bonds is 4. The summed E-state index contributed by atoms with van der Waals surface area (Å²) in [7, 11) is 0. The summed E-state index contributed by atoms with van der Waals surface area (Å²) >= 11 is 0. The fourth-order valence-electron chi connectivity index (χ4n) is 3.46. The predicted octanol–water partition coefficient (Wildman–Crippen LogP) is 2.67. The average molecular weight is 362 g/mol. The Hall–Kier alpha value is -3.22. The summed E-state index contributed by atoms with van der Waals surface area (Å²) in [5.74, 6) is 1.21. The molecule has 0 aliphatic carbocycles. The maximum Gasteiger partial charge on any atom is 0.246 e. The van der Waals surface area contributed by atoms with Gasteiger partial charge in [0.05, 0.1) is 24.6 Å². The van der Waals surface area contributed by atoms with E-state index in [0.29, 0.717) is 11.6 Å². The van der Waals surface area contributed by atoms with E-state index in [-0.39, 0.29) is 12.5 Å². The lowest BCUT2D eigenvalue weighted by Gasteiger charge is -2.29. The first-order valence-electron chi connectivity index (χ1n) is 9.09. The quantitative estimate of drug-likeness (QED) is 0.772. The van der Waals surface area contributed by atoms with Gasteiger partial charge in [-0.1, -0.05) is 18.2 Å². The van der Waals surface area contributed by atoms with Crippen molar-refractivity contribution in [3.05, 3.63) is 59.7 Å². The summed E-state index contributed by atoms with van der Waals surface area (Å²) < 4.78 is 1.75. The zero-order valence-electron chi connectivity index (χ0n) is 15.5. The molecule has 27 heavy (non-hydrogen) atoms. The van der Waals surface area contributed by atoms with E-state index in [1.807, 2.05) is 43.0 Å². The first-order valence-corrected chi connectivity index (χ1v) is 9.09. The minimum Gasteiger partial charge on any atom is -0.360 e. The first kappa shape index (κ1) is 17.2. The average Bonchev–Trinajstić information content (AvgIpc) is 3.04. The van der Waals surface area contributed by atoms with Crippen molar-refractivity contribution in [2.24, 2.45) is 0 Å². The molecule has 3 aromatic rings. The Labute approximate surface area is 158 Å². The van der Waals surface area contributed by atoms with Crippen LogP contribution in [0.4, 0.5) is 11.5 Å². The molecule has 1 amide bonds. The number of carbonyl (C=O) groups excluding carboxylic acids is 1. The van der Waals surface area contributed by atoms with Gasteiger partial charge < -0.3 is 10.2 Å². The van der Waals surface area contributed by atoms with Gasteiger partial charge >= 0.3 is 0 Å². The Bertz CT molecular complexity index is 980. The highest BCUT2D eigenvalue weighted by atomic mass is 16.2. The first-order chi connectivity index (χ1) is 13.1. The van der Waals surface area contributed by atoms with Gasteiger partial charge in [-0.05, 0) is 44.4 Å². The maximum atomic E-state index is 12.7. The molecule has 0 bridgehead atoms. The maximum absolute atomic E-state index is 12.7. The SMILES string of the molecule is Cc1cc(C)n(-c2cncc(NCC(=O)N3CCCc4ccccc43)n2)n1. The van der Waals surface area contributed by atoms with Gasteiger partial charge in [0, 0.05) is 17.9 Å². The molecule has 0 fully saturated rings. The van der Waals surface area contributed by atoms with Crippen LogP contribution in [0.25, 0.3) is 5.82 Å². The fraction of sp³-hybridized carbons (Fsp3) is 0.300. The molecule has 0 saturated carbocycles. The minimum absolute atomic E-state index is 0.0282. The number of benzene rings is 1. The van der Waals surface area contributed by atoms with Gasteiger partial charge in [-0.15, -0.1) is 0 Å². The van der Waals surface area contributed by atoms with Crippen molar-refractivity contribution in [3.63, 3.8) is 0 Å². The number of aromatic nitrogens is 4. The molecule has 1 aliphatic heterocycles. The molecule has 0 atom stereocenters. The zero-order chi connectivity index (χ0) is 18.8. The van der Waals surface area contributed by atoms with Crippen molar-refractivity contribution in [1.82, 2.24) is 19.7 Å². The summed E-state index contributed by atoms with van der Waals surface area (Å²) in [6.45, 7) is 4.83. The molecule has 0 saturated heterocycles. The molecule has 0 spiro atoms. The number of nitrogens with one attached hydrogen (secondary N) is 1. The highest BCUT2D eigenvalue weighted by Gasteiger charge is 2.21. The molecule has 1 aromatic carbocycles. The number of hydrogen-bond acceptors (Lipinski definition) is 5. The van der Waals surface area contributed by atoms with Crippen LogP contribution in [0, 0.1) is 13.8 Å². The van der Waals surface area contributed by atoms with E-state index >= 15 is 0 Å². The third kappa shape index (κ3) is 3.53. The molecular weight excluding hydrogens is 340 g/mol. The van der Waals surface area contributed by atoms with Gasteiger partial charge in [0.25, 0.3) is 0 Å². The third-order valence-corrected chi connectivity index (χ3v) is 4.68. The monoisotopic (exact) mass is 362 g/mol. The second kappa shape index (κ2) is 7.19. The van der Waals surface area contributed by atoms with Crippen molar-refractivity contribution >= 4 is 17.4 Å². The zero-order valence-corrected chi connectivity index (χ0v) is 15.5. The molecule has 1 aliphatic rings. The van der Waals surface area contributed by atoms with Crippen LogP contribution >= 0.6 is 0 Å². The summed E-state index contributed by atoms with van der Waals surface area (Å²) in [6, 6.07) is 10.1. The second-order valence-electron chi connectivity index (χ2n) is 6.73. The Morgan fingerprint density at radius 1 is 1.22 bits per heavy atom. The number of amides is 1. The van der Waals surface area contributed by atoms with Gasteiger partial charge in [0.15, 0.2) is 5.82 Å². The van der Waals surface area contributed by atoms with Crippen LogP contribution in [0.15, 0.2) is 42.7 Å². The number of para-hydroxylation sites is 1. The van der Waals surface area contributed by atoms with E-state index in [0.717, 1.165) is 36.5 Å². The normalized spacial score (nSPS) is 13.3. The van der Waals surface area contributed by atoms with Crippen molar-refractivity contribution in [3.8, 4) is 5.82 Å². The summed E-state index contributed by atoms with van der Waals surface area (Å²) in [4.78, 5) is 23.4. The lowest BCUT2D eigenvalue weighted by Crippen LogP contribution is -2.39. The number of hydrogen-bond donors (Lipinski definition) is 1. The van der Waals surface area contributed by atoms with Crippen molar-refractivity contribution in [2.75, 3.05) is 23.3 Å². The van der Waals surface area contributed by atoms with E-state index in [9.17, 15) is 4.79 Å². The fourth-order valence-corrected chi connectivity index (χ4v) is 3.46. The summed E-state index contributed by atoms with van der Waals surface area (Å²) in [6.07, 6.45) is 5.28. The van der Waals surface area contributed by atoms with Crippen LogP contribution < -0.4 is 10.2 Å². The standard InChI is InChI=1S/C20H22N6O/c1-14-10-15(2)26(24-14)19-12-21-11-18(23-19)22-13-20(27)25-9-5-7-16-6-3-4-8-17(16)25/h3-4,6,8,10-12H,5,7,9,13H2,1-2H3,(H,22,23). The molecule has 2 aromatic heterocycles. The number of aryl methyl sites for hydroxylation is 3. The highest BCUT2D eigenvalue weighted by Crippen LogP contribution is 2.26. The predicted molar refractivity (Wildman–Crippen MR) is 104 cm³/mol. The molecule has 3 heterocycles. The van der Waals surface area contributed by atoms with Crippen LogP contribution in [0.5, 0.6) is 0 Å². The van der Waals surface area contributed by atoms with E-state index in [2.05, 4.69) is 26.4 Å². The van der Waals surface area contributed by atoms with Crippen LogP contribution in [0.2, 0.25) is 0 Å². The van der Waals surface area contributed by atoms with Gasteiger partial charge in [0.1, 0.15) is 5.82 Å². The van der Waals surface area contributed by atoms with E-state index < -0.39 is 0 Å². The number of anilines is 2. The van der Waals surface area contributed by atoms with Gasteiger partial charge in [0.2, 0.25) is 5.91 Å². The van der Waals surface area contributed by atoms with Gasteiger partial charge in [-0.2, -0.15) is 5.10 Å². The Kier molecular flexibility index (Phi) is 4.58. The van der Waals surface area contributed by atoms with Crippen LogP contribution in [-0.4, -0.2) is 38.7 Å². The second-order valence-corrected chi connectivity index (χ2v) is 6.73. The summed E-state index contributed by atoms with van der Waals surface area (Å²) in [5.41, 5.74) is 4.15. The van der Waals surface area contributed by atoms with Crippen LogP contribution in [-0.2, 0) is 11.2 Å². The smallest absolute Gasteiger partial charge is 0.246 e. The third-order valence-electron chi connectivity index (χ3n) is 4.68. The Morgan fingerprint density at radius 3 is 2.89 bits per heavy atom. The number of carbonyl (C=O) groups is 1. The molecular formula is C20H22N6O. The lowest BCUT2D eigenvalue weighted by molar-refractivity contribution is -0.117. The lowest BCUT2D eigenvalue weighted by atomic mass is 10.0. The van der Waals surface area contributed by atoms with E-state index in [1.165, 1.54) is 5.56 Å². The van der Waals surface area contributed by atoms with Gasteiger partial charge in [-0.3, -0.25) is 9.78 Å². The van der Waals surface area contributed by atoms with E-state index in [1.54, 1.807) is 17.1 Å². The van der Waals surface area contributed by atoms with Gasteiger partial charge in [-0.25, -0.2) is 9.67 Å².